The largest absolute Gasteiger partial charge is 0.496 e. The van der Waals surface area contributed by atoms with Crippen LogP contribution in [-0.4, -0.2) is 29.1 Å². The van der Waals surface area contributed by atoms with E-state index in [-0.39, 0.29) is 0 Å². The van der Waals surface area contributed by atoms with Crippen LogP contribution in [0.4, 0.5) is 0 Å². The van der Waals surface area contributed by atoms with Crippen molar-refractivity contribution < 1.29 is 4.74 Å². The van der Waals surface area contributed by atoms with Crippen molar-refractivity contribution in [3.05, 3.63) is 35.3 Å². The third-order valence-electron chi connectivity index (χ3n) is 5.24. The summed E-state index contributed by atoms with van der Waals surface area (Å²) in [5.41, 5.74) is 2.27. The lowest BCUT2D eigenvalue weighted by molar-refractivity contribution is 0.140. The summed E-state index contributed by atoms with van der Waals surface area (Å²) in [4.78, 5) is 7.57. The molecular formula is C20H28N2OS. The fourth-order valence-electron chi connectivity index (χ4n) is 3.19. The minimum atomic E-state index is 0.610. The van der Waals surface area contributed by atoms with E-state index in [1.165, 1.54) is 25.0 Å². The van der Waals surface area contributed by atoms with E-state index in [9.17, 15) is 0 Å². The lowest BCUT2D eigenvalue weighted by Crippen LogP contribution is -2.38. The third-order valence-corrected chi connectivity index (χ3v) is 6.16. The first-order chi connectivity index (χ1) is 11.6. The van der Waals surface area contributed by atoms with E-state index in [1.807, 2.05) is 18.2 Å². The van der Waals surface area contributed by atoms with Crippen molar-refractivity contribution in [2.24, 2.45) is 5.92 Å². The lowest BCUT2D eigenvalue weighted by Gasteiger charge is -2.32. The molecule has 0 amide bonds. The number of hydrogen-bond donors (Lipinski definition) is 0. The molecule has 2 atom stereocenters. The van der Waals surface area contributed by atoms with Crippen molar-refractivity contribution in [3.63, 3.8) is 0 Å². The average Bonchev–Trinajstić information content (AvgIpc) is 3.36. The van der Waals surface area contributed by atoms with E-state index in [0.717, 1.165) is 34.8 Å². The van der Waals surface area contributed by atoms with Crippen LogP contribution in [0.2, 0.25) is 0 Å². The molecule has 1 aromatic carbocycles. The second-order valence-electron chi connectivity index (χ2n) is 6.87. The maximum absolute atomic E-state index is 5.48. The smallest absolute Gasteiger partial charge is 0.129 e. The van der Waals surface area contributed by atoms with Crippen LogP contribution in [0.1, 0.15) is 45.7 Å². The fourth-order valence-corrected chi connectivity index (χ4v) is 4.03. The molecule has 0 saturated heterocycles. The van der Waals surface area contributed by atoms with E-state index in [2.05, 4.69) is 37.1 Å². The predicted octanol–water partition coefficient (Wildman–Crippen LogP) is 5.22. The predicted molar refractivity (Wildman–Crippen MR) is 102 cm³/mol. The van der Waals surface area contributed by atoms with Crippen LogP contribution in [0, 0.1) is 5.92 Å². The molecule has 0 radical (unpaired) electrons. The Morgan fingerprint density at radius 2 is 2.04 bits per heavy atom. The summed E-state index contributed by atoms with van der Waals surface area (Å²) in [6.07, 6.45) is 3.91. The SMILES string of the molecule is CCC(C)C(C)N(Cc1csc(-c2ccccc2OC)n1)C1CC1. The molecule has 1 saturated carbocycles. The molecule has 1 fully saturated rings. The first-order valence-corrected chi connectivity index (χ1v) is 9.85. The van der Waals surface area contributed by atoms with Gasteiger partial charge in [-0.1, -0.05) is 32.4 Å². The molecule has 1 aliphatic rings. The molecule has 0 aliphatic heterocycles. The number of para-hydroxylation sites is 1. The highest BCUT2D eigenvalue weighted by Gasteiger charge is 2.34. The van der Waals surface area contributed by atoms with Gasteiger partial charge in [-0.2, -0.15) is 0 Å². The molecular weight excluding hydrogens is 316 g/mol. The Morgan fingerprint density at radius 1 is 1.29 bits per heavy atom. The van der Waals surface area contributed by atoms with Crippen LogP contribution in [-0.2, 0) is 6.54 Å². The third kappa shape index (κ3) is 3.81. The Hall–Kier alpha value is -1.39. The molecule has 1 heterocycles. The lowest BCUT2D eigenvalue weighted by atomic mass is 9.99. The van der Waals surface area contributed by atoms with E-state index >= 15 is 0 Å². The zero-order chi connectivity index (χ0) is 17.1. The van der Waals surface area contributed by atoms with Gasteiger partial charge in [-0.15, -0.1) is 11.3 Å². The molecule has 1 aromatic heterocycles. The zero-order valence-electron chi connectivity index (χ0n) is 15.2. The number of thiazole rings is 1. The maximum Gasteiger partial charge on any atom is 0.129 e. The highest BCUT2D eigenvalue weighted by Crippen LogP contribution is 2.35. The van der Waals surface area contributed by atoms with Crippen molar-refractivity contribution in [2.75, 3.05) is 7.11 Å². The van der Waals surface area contributed by atoms with Gasteiger partial charge in [-0.05, 0) is 37.8 Å². The number of ether oxygens (including phenoxy) is 1. The first-order valence-electron chi connectivity index (χ1n) is 8.97. The van der Waals surface area contributed by atoms with Gasteiger partial charge in [0.05, 0.1) is 18.4 Å². The second kappa shape index (κ2) is 7.66. The van der Waals surface area contributed by atoms with Crippen molar-refractivity contribution in [3.8, 4) is 16.3 Å². The van der Waals surface area contributed by atoms with Gasteiger partial charge in [-0.3, -0.25) is 4.90 Å². The van der Waals surface area contributed by atoms with E-state index in [0.29, 0.717) is 6.04 Å². The summed E-state index contributed by atoms with van der Waals surface area (Å²) in [5.74, 6) is 1.61. The second-order valence-corrected chi connectivity index (χ2v) is 7.73. The Kier molecular flexibility index (Phi) is 5.57. The molecule has 2 aromatic rings. The molecule has 0 bridgehead atoms. The van der Waals surface area contributed by atoms with Gasteiger partial charge in [0.1, 0.15) is 10.8 Å². The molecule has 1 aliphatic carbocycles. The van der Waals surface area contributed by atoms with Crippen LogP contribution < -0.4 is 4.74 Å². The summed E-state index contributed by atoms with van der Waals surface area (Å²) >= 11 is 1.71. The minimum absolute atomic E-state index is 0.610. The number of aromatic nitrogens is 1. The number of benzene rings is 1. The van der Waals surface area contributed by atoms with Crippen molar-refractivity contribution >= 4 is 11.3 Å². The van der Waals surface area contributed by atoms with Crippen LogP contribution in [0.3, 0.4) is 0 Å². The molecule has 2 unspecified atom stereocenters. The topological polar surface area (TPSA) is 25.4 Å². The zero-order valence-corrected chi connectivity index (χ0v) is 16.0. The Labute approximate surface area is 149 Å². The van der Waals surface area contributed by atoms with Gasteiger partial charge in [0.15, 0.2) is 0 Å². The summed E-state index contributed by atoms with van der Waals surface area (Å²) in [7, 11) is 1.72. The van der Waals surface area contributed by atoms with Crippen molar-refractivity contribution in [2.45, 2.75) is 58.7 Å². The molecule has 24 heavy (non-hydrogen) atoms. The molecule has 3 nitrogen and oxygen atoms in total. The maximum atomic E-state index is 5.48. The summed E-state index contributed by atoms with van der Waals surface area (Å²) < 4.78 is 5.48. The number of rotatable bonds is 8. The average molecular weight is 345 g/mol. The van der Waals surface area contributed by atoms with Crippen LogP contribution in [0.25, 0.3) is 10.6 Å². The van der Waals surface area contributed by atoms with Crippen LogP contribution in [0.5, 0.6) is 5.75 Å². The quantitative estimate of drug-likeness (QED) is 0.656. The molecule has 3 rings (SSSR count). The van der Waals surface area contributed by atoms with Crippen molar-refractivity contribution in [1.29, 1.82) is 0 Å². The Morgan fingerprint density at radius 3 is 2.71 bits per heavy atom. The standard InChI is InChI=1S/C20H28N2OS/c1-5-14(2)15(3)22(17-10-11-17)12-16-13-24-20(21-16)18-8-6-7-9-19(18)23-4/h6-9,13-15,17H,5,10-12H2,1-4H3. The molecule has 4 heteroatoms. The summed E-state index contributed by atoms with van der Waals surface area (Å²) in [6.45, 7) is 7.98. The fraction of sp³-hybridized carbons (Fsp3) is 0.550. The van der Waals surface area contributed by atoms with E-state index < -0.39 is 0 Å². The van der Waals surface area contributed by atoms with Crippen LogP contribution >= 0.6 is 11.3 Å². The van der Waals surface area contributed by atoms with Crippen molar-refractivity contribution in [1.82, 2.24) is 9.88 Å². The minimum Gasteiger partial charge on any atom is -0.496 e. The number of nitrogens with zero attached hydrogens (tertiary/aromatic N) is 2. The van der Waals surface area contributed by atoms with Gasteiger partial charge < -0.3 is 4.74 Å². The van der Waals surface area contributed by atoms with Crippen LogP contribution in [0.15, 0.2) is 29.6 Å². The highest BCUT2D eigenvalue weighted by atomic mass is 32.1. The van der Waals surface area contributed by atoms with Gasteiger partial charge in [0.2, 0.25) is 0 Å². The molecule has 0 N–H and O–H groups in total. The Balaban J connectivity index is 1.77. The first kappa shape index (κ1) is 17.4. The summed E-state index contributed by atoms with van der Waals surface area (Å²) in [6, 6.07) is 9.49. The Bertz CT molecular complexity index is 665. The van der Waals surface area contributed by atoms with E-state index in [1.54, 1.807) is 18.4 Å². The van der Waals surface area contributed by atoms with Gasteiger partial charge in [0.25, 0.3) is 0 Å². The molecule has 0 spiro atoms. The van der Waals surface area contributed by atoms with Gasteiger partial charge >= 0.3 is 0 Å². The monoisotopic (exact) mass is 344 g/mol. The normalized spacial score (nSPS) is 17.0. The summed E-state index contributed by atoms with van der Waals surface area (Å²) in [5, 5.41) is 3.26. The van der Waals surface area contributed by atoms with Gasteiger partial charge in [0, 0.05) is 24.0 Å². The molecule has 130 valence electrons. The highest BCUT2D eigenvalue weighted by molar-refractivity contribution is 7.13. The number of methoxy groups -OCH3 is 1. The van der Waals surface area contributed by atoms with Gasteiger partial charge in [-0.25, -0.2) is 4.98 Å². The van der Waals surface area contributed by atoms with E-state index in [4.69, 9.17) is 9.72 Å². The number of hydrogen-bond acceptors (Lipinski definition) is 4.